The molecule has 4 rings (SSSR count). The van der Waals surface area contributed by atoms with Gasteiger partial charge < -0.3 is 15.7 Å². The summed E-state index contributed by atoms with van der Waals surface area (Å²) in [6, 6.07) is 5.92. The fourth-order valence-corrected chi connectivity index (χ4v) is 5.57. The molecule has 1 unspecified atom stereocenters. The molecule has 1 aliphatic heterocycles. The minimum Gasteiger partial charge on any atom is -0.378 e. The monoisotopic (exact) mass is 445 g/mol. The molecule has 3 N–H and O–H groups in total. The number of hydrogen-bond acceptors (Lipinski definition) is 4. The molecule has 1 saturated heterocycles. The number of halogens is 1. The zero-order chi connectivity index (χ0) is 23.0. The smallest absolute Gasteiger partial charge is 0.325 e. The third kappa shape index (κ3) is 4.12. The van der Waals surface area contributed by atoms with Gasteiger partial charge in [0.15, 0.2) is 5.60 Å². The molecule has 0 aromatic heterocycles. The van der Waals surface area contributed by atoms with E-state index in [0.29, 0.717) is 12.8 Å². The lowest BCUT2D eigenvalue weighted by atomic mass is 9.69. The van der Waals surface area contributed by atoms with Gasteiger partial charge in [-0.3, -0.25) is 14.5 Å². The van der Waals surface area contributed by atoms with Gasteiger partial charge in [0.05, 0.1) is 6.54 Å². The molecular formula is C24H32FN3O4. The molecule has 0 radical (unpaired) electrons. The number of amides is 4. The number of carbonyl (C=O) groups is 3. The van der Waals surface area contributed by atoms with Gasteiger partial charge in [-0.05, 0) is 50.3 Å². The predicted molar refractivity (Wildman–Crippen MR) is 116 cm³/mol. The maximum atomic E-state index is 13.9. The van der Waals surface area contributed by atoms with E-state index in [4.69, 9.17) is 0 Å². The van der Waals surface area contributed by atoms with Crippen LogP contribution < -0.4 is 10.6 Å². The first-order valence-electron chi connectivity index (χ1n) is 11.6. The molecule has 0 bridgehead atoms. The lowest BCUT2D eigenvalue weighted by Crippen LogP contribution is -2.56. The molecule has 3 fully saturated rings. The van der Waals surface area contributed by atoms with Crippen molar-refractivity contribution >= 4 is 17.8 Å². The van der Waals surface area contributed by atoms with Crippen LogP contribution in [0.5, 0.6) is 0 Å². The van der Waals surface area contributed by atoms with E-state index in [2.05, 4.69) is 10.6 Å². The van der Waals surface area contributed by atoms with Crippen molar-refractivity contribution in [3.8, 4) is 0 Å². The normalized spacial score (nSPS) is 23.8. The van der Waals surface area contributed by atoms with Crippen LogP contribution in [0.15, 0.2) is 24.3 Å². The number of carbonyl (C=O) groups excluding carboxylic acids is 3. The van der Waals surface area contributed by atoms with Gasteiger partial charge >= 0.3 is 6.03 Å². The number of rotatable bonds is 6. The van der Waals surface area contributed by atoms with Gasteiger partial charge in [-0.1, -0.05) is 44.2 Å². The Morgan fingerprint density at radius 2 is 1.81 bits per heavy atom. The van der Waals surface area contributed by atoms with E-state index in [1.807, 2.05) is 6.07 Å². The molecule has 3 aliphatic rings. The Morgan fingerprint density at radius 1 is 1.16 bits per heavy atom. The third-order valence-corrected chi connectivity index (χ3v) is 7.49. The van der Waals surface area contributed by atoms with Gasteiger partial charge in [0, 0.05) is 12.0 Å². The lowest BCUT2D eigenvalue weighted by molar-refractivity contribution is -0.143. The van der Waals surface area contributed by atoms with Crippen LogP contribution in [0.3, 0.4) is 0 Å². The zero-order valence-corrected chi connectivity index (χ0v) is 18.6. The SMILES string of the molecule is CC(O)(CN1C(=O)NC2(CCCC2)C1=O)C(=O)NCC1(c2cccc(F)c2)CCCCC1. The summed E-state index contributed by atoms with van der Waals surface area (Å²) >= 11 is 0. The average molecular weight is 446 g/mol. The molecule has 2 aliphatic carbocycles. The van der Waals surface area contributed by atoms with Crippen LogP contribution in [-0.2, 0) is 15.0 Å². The van der Waals surface area contributed by atoms with Crippen molar-refractivity contribution in [1.29, 1.82) is 0 Å². The number of hydrogen-bond donors (Lipinski definition) is 3. The van der Waals surface area contributed by atoms with Gasteiger partial charge in [-0.2, -0.15) is 0 Å². The number of β-amino-alcohol motifs (C(OH)–C–C–N with tert-alkyl or cyclic N) is 1. The molecular weight excluding hydrogens is 413 g/mol. The minimum absolute atomic E-state index is 0.259. The van der Waals surface area contributed by atoms with Crippen LogP contribution in [-0.4, -0.2) is 52.1 Å². The molecule has 1 aromatic carbocycles. The average Bonchev–Trinajstić information content (AvgIpc) is 3.33. The Bertz CT molecular complexity index is 904. The molecule has 174 valence electrons. The zero-order valence-electron chi connectivity index (χ0n) is 18.6. The van der Waals surface area contributed by atoms with E-state index in [9.17, 15) is 23.9 Å². The van der Waals surface area contributed by atoms with Crippen LogP contribution in [0.2, 0.25) is 0 Å². The standard InChI is InChI=1S/C24H32FN3O4/c1-22(32,16-28-20(30)24(27-21(28)31)12-5-6-13-24)19(29)26-15-23(10-3-2-4-11-23)17-8-7-9-18(25)14-17/h7-9,14,32H,2-6,10-13,15-16H2,1H3,(H,26,29)(H,27,31). The number of urea groups is 1. The second-order valence-corrected chi connectivity index (χ2v) is 9.92. The van der Waals surface area contributed by atoms with E-state index in [0.717, 1.165) is 55.4 Å². The fraction of sp³-hybridized carbons (Fsp3) is 0.625. The summed E-state index contributed by atoms with van der Waals surface area (Å²) in [4.78, 5) is 39.2. The molecule has 1 spiro atoms. The summed E-state index contributed by atoms with van der Waals surface area (Å²) in [5.74, 6) is -1.33. The van der Waals surface area contributed by atoms with Gasteiger partial charge in [0.25, 0.3) is 11.8 Å². The summed E-state index contributed by atoms with van der Waals surface area (Å²) in [7, 11) is 0. The highest BCUT2D eigenvalue weighted by Crippen LogP contribution is 2.39. The van der Waals surface area contributed by atoms with E-state index in [1.165, 1.54) is 19.1 Å². The molecule has 7 nitrogen and oxygen atoms in total. The molecule has 2 saturated carbocycles. The molecule has 4 amide bonds. The van der Waals surface area contributed by atoms with Crippen LogP contribution >= 0.6 is 0 Å². The molecule has 1 aromatic rings. The molecule has 32 heavy (non-hydrogen) atoms. The lowest BCUT2D eigenvalue weighted by Gasteiger charge is -2.39. The largest absolute Gasteiger partial charge is 0.378 e. The maximum Gasteiger partial charge on any atom is 0.325 e. The Hall–Kier alpha value is -2.48. The van der Waals surface area contributed by atoms with Crippen molar-refractivity contribution in [2.45, 2.75) is 81.3 Å². The minimum atomic E-state index is -1.94. The first-order chi connectivity index (χ1) is 15.2. The Labute approximate surface area is 187 Å². The highest BCUT2D eigenvalue weighted by Gasteiger charge is 2.54. The van der Waals surface area contributed by atoms with E-state index in [1.54, 1.807) is 6.07 Å². The second kappa shape index (κ2) is 8.46. The summed E-state index contributed by atoms with van der Waals surface area (Å²) in [6.07, 6.45) is 7.56. The first kappa shape index (κ1) is 22.7. The number of aliphatic hydroxyl groups is 1. The predicted octanol–water partition coefficient (Wildman–Crippen LogP) is 2.76. The number of nitrogens with zero attached hydrogens (tertiary/aromatic N) is 1. The summed E-state index contributed by atoms with van der Waals surface area (Å²) in [6.45, 7) is 1.17. The van der Waals surface area contributed by atoms with Gasteiger partial charge in [-0.25, -0.2) is 9.18 Å². The summed E-state index contributed by atoms with van der Waals surface area (Å²) < 4.78 is 13.9. The van der Waals surface area contributed by atoms with Gasteiger partial charge in [0.1, 0.15) is 11.4 Å². The summed E-state index contributed by atoms with van der Waals surface area (Å²) in [5.41, 5.74) is -2.38. The van der Waals surface area contributed by atoms with Crippen molar-refractivity contribution in [2.24, 2.45) is 0 Å². The fourth-order valence-electron chi connectivity index (χ4n) is 5.57. The van der Waals surface area contributed by atoms with E-state index in [-0.39, 0.29) is 18.3 Å². The molecule has 1 atom stereocenters. The van der Waals surface area contributed by atoms with Crippen LogP contribution in [0, 0.1) is 5.82 Å². The summed E-state index contributed by atoms with van der Waals surface area (Å²) in [5, 5.41) is 16.5. The van der Waals surface area contributed by atoms with E-state index >= 15 is 0 Å². The van der Waals surface area contributed by atoms with Gasteiger partial charge in [0.2, 0.25) is 0 Å². The number of benzene rings is 1. The van der Waals surface area contributed by atoms with Crippen molar-refractivity contribution in [2.75, 3.05) is 13.1 Å². The van der Waals surface area contributed by atoms with Crippen molar-refractivity contribution in [1.82, 2.24) is 15.5 Å². The number of imide groups is 1. The van der Waals surface area contributed by atoms with Crippen molar-refractivity contribution < 1.29 is 23.9 Å². The molecule has 1 heterocycles. The van der Waals surface area contributed by atoms with Gasteiger partial charge in [-0.15, -0.1) is 0 Å². The van der Waals surface area contributed by atoms with Crippen molar-refractivity contribution in [3.05, 3.63) is 35.6 Å². The molecule has 8 heteroatoms. The van der Waals surface area contributed by atoms with Crippen LogP contribution in [0.4, 0.5) is 9.18 Å². The first-order valence-corrected chi connectivity index (χ1v) is 11.6. The number of nitrogens with one attached hydrogen (secondary N) is 2. The second-order valence-electron chi connectivity index (χ2n) is 9.92. The quantitative estimate of drug-likeness (QED) is 0.587. The van der Waals surface area contributed by atoms with Crippen LogP contribution in [0.25, 0.3) is 0 Å². The van der Waals surface area contributed by atoms with E-state index < -0.39 is 35.0 Å². The Balaban J connectivity index is 1.45. The van der Waals surface area contributed by atoms with Crippen LogP contribution in [0.1, 0.15) is 70.3 Å². The third-order valence-electron chi connectivity index (χ3n) is 7.49. The Kier molecular flexibility index (Phi) is 6.00. The van der Waals surface area contributed by atoms with Crippen molar-refractivity contribution in [3.63, 3.8) is 0 Å². The topological polar surface area (TPSA) is 98.7 Å². The Morgan fingerprint density at radius 3 is 2.47 bits per heavy atom. The maximum absolute atomic E-state index is 13.9. The highest BCUT2D eigenvalue weighted by molar-refractivity contribution is 6.07. The highest BCUT2D eigenvalue weighted by atomic mass is 19.1.